The number of thiophene rings is 1. The van der Waals surface area contributed by atoms with Gasteiger partial charge in [0, 0.05) is 25.6 Å². The number of halogens is 1. The van der Waals surface area contributed by atoms with Crippen molar-refractivity contribution in [1.29, 1.82) is 0 Å². The Kier molecular flexibility index (Phi) is 6.81. The molecule has 1 N–H and O–H groups in total. The standard InChI is InChI=1S/C20H25ClN2O3S2/c1-14-3-5-16(6-4-14)13-22-20(24)15(2)17-9-11-23(12-10-17)28(25,26)19-8-7-18(21)27-19/h3-8,15,17H,9-13H2,1-2H3,(H,22,24). The molecule has 8 heteroatoms. The molecule has 0 bridgehead atoms. The molecule has 1 aromatic carbocycles. The summed E-state index contributed by atoms with van der Waals surface area (Å²) in [6.45, 7) is 5.33. The summed E-state index contributed by atoms with van der Waals surface area (Å²) in [6.07, 6.45) is 1.36. The van der Waals surface area contributed by atoms with Gasteiger partial charge in [-0.3, -0.25) is 4.79 Å². The summed E-state index contributed by atoms with van der Waals surface area (Å²) in [6, 6.07) is 11.2. The maximum Gasteiger partial charge on any atom is 0.252 e. The lowest BCUT2D eigenvalue weighted by Crippen LogP contribution is -2.42. The molecule has 2 aromatic rings. The van der Waals surface area contributed by atoms with Crippen LogP contribution in [0.2, 0.25) is 4.34 Å². The highest BCUT2D eigenvalue weighted by Gasteiger charge is 2.34. The van der Waals surface area contributed by atoms with Gasteiger partial charge >= 0.3 is 0 Å². The molecule has 1 fully saturated rings. The van der Waals surface area contributed by atoms with Crippen molar-refractivity contribution in [2.45, 2.75) is 37.4 Å². The van der Waals surface area contributed by atoms with Crippen molar-refractivity contribution in [2.75, 3.05) is 13.1 Å². The molecule has 1 amide bonds. The number of amides is 1. The molecule has 2 heterocycles. The van der Waals surface area contributed by atoms with Crippen LogP contribution in [-0.2, 0) is 21.4 Å². The summed E-state index contributed by atoms with van der Waals surface area (Å²) < 4.78 is 27.6. The Balaban J connectivity index is 1.52. The molecule has 1 aromatic heterocycles. The predicted octanol–water partition coefficient (Wildman–Crippen LogP) is 4.06. The van der Waals surface area contributed by atoms with Crippen molar-refractivity contribution in [2.24, 2.45) is 11.8 Å². The van der Waals surface area contributed by atoms with E-state index in [1.165, 1.54) is 9.87 Å². The molecule has 0 radical (unpaired) electrons. The van der Waals surface area contributed by atoms with Crippen molar-refractivity contribution in [3.05, 3.63) is 51.9 Å². The molecule has 5 nitrogen and oxygen atoms in total. The van der Waals surface area contributed by atoms with Crippen LogP contribution in [0.4, 0.5) is 0 Å². The van der Waals surface area contributed by atoms with E-state index in [2.05, 4.69) is 5.32 Å². The first-order chi connectivity index (χ1) is 13.3. The first-order valence-corrected chi connectivity index (χ1v) is 12.0. The zero-order chi connectivity index (χ0) is 20.3. The van der Waals surface area contributed by atoms with Gasteiger partial charge < -0.3 is 5.32 Å². The predicted molar refractivity (Wildman–Crippen MR) is 113 cm³/mol. The van der Waals surface area contributed by atoms with Crippen LogP contribution < -0.4 is 5.32 Å². The van der Waals surface area contributed by atoms with Crippen LogP contribution in [0, 0.1) is 18.8 Å². The van der Waals surface area contributed by atoms with Crippen molar-refractivity contribution in [1.82, 2.24) is 9.62 Å². The van der Waals surface area contributed by atoms with Crippen LogP contribution in [0.25, 0.3) is 0 Å². The average Bonchev–Trinajstić information content (AvgIpc) is 3.14. The maximum absolute atomic E-state index is 12.7. The number of carbonyl (C=O) groups is 1. The van der Waals surface area contributed by atoms with E-state index in [9.17, 15) is 13.2 Å². The van der Waals surface area contributed by atoms with Crippen LogP contribution in [0.5, 0.6) is 0 Å². The molecule has 1 saturated heterocycles. The summed E-state index contributed by atoms with van der Waals surface area (Å²) in [7, 11) is -3.49. The first-order valence-electron chi connectivity index (χ1n) is 9.36. The van der Waals surface area contributed by atoms with E-state index in [-0.39, 0.29) is 22.0 Å². The summed E-state index contributed by atoms with van der Waals surface area (Å²) in [4.78, 5) is 12.5. The molecule has 1 unspecified atom stereocenters. The fourth-order valence-corrected chi connectivity index (χ4v) is 6.56. The maximum atomic E-state index is 12.7. The second-order valence-electron chi connectivity index (χ2n) is 7.29. The Bertz CT molecular complexity index is 917. The van der Waals surface area contributed by atoms with Crippen LogP contribution in [0.15, 0.2) is 40.6 Å². The highest BCUT2D eigenvalue weighted by Crippen LogP contribution is 2.32. The number of nitrogens with one attached hydrogen (secondary N) is 1. The van der Waals surface area contributed by atoms with Gasteiger partial charge in [-0.1, -0.05) is 48.4 Å². The number of piperidine rings is 1. The molecule has 152 valence electrons. The average molecular weight is 441 g/mol. The minimum absolute atomic E-state index is 0.0203. The van der Waals surface area contributed by atoms with E-state index in [1.807, 2.05) is 38.1 Å². The highest BCUT2D eigenvalue weighted by molar-refractivity contribution is 7.91. The van der Waals surface area contributed by atoms with Crippen molar-refractivity contribution < 1.29 is 13.2 Å². The van der Waals surface area contributed by atoms with Crippen LogP contribution >= 0.6 is 22.9 Å². The van der Waals surface area contributed by atoms with E-state index in [0.29, 0.717) is 36.8 Å². The zero-order valence-corrected chi connectivity index (χ0v) is 18.4. The molecule has 1 aliphatic heterocycles. The van der Waals surface area contributed by atoms with Gasteiger partial charge in [0.15, 0.2) is 0 Å². The molecule has 0 aliphatic carbocycles. The largest absolute Gasteiger partial charge is 0.352 e. The molecule has 0 saturated carbocycles. The smallest absolute Gasteiger partial charge is 0.252 e. The lowest BCUT2D eigenvalue weighted by atomic mass is 9.85. The number of carbonyl (C=O) groups excluding carboxylic acids is 1. The van der Waals surface area contributed by atoms with Gasteiger partial charge in [0.2, 0.25) is 5.91 Å². The Morgan fingerprint density at radius 2 is 1.86 bits per heavy atom. The molecule has 1 aliphatic rings. The van der Waals surface area contributed by atoms with Gasteiger partial charge in [-0.15, -0.1) is 11.3 Å². The van der Waals surface area contributed by atoms with Crippen molar-refractivity contribution >= 4 is 38.9 Å². The first kappa shape index (κ1) is 21.3. The van der Waals surface area contributed by atoms with Crippen LogP contribution in [0.3, 0.4) is 0 Å². The van der Waals surface area contributed by atoms with Crippen molar-refractivity contribution in [3.63, 3.8) is 0 Å². The summed E-state index contributed by atoms with van der Waals surface area (Å²) in [5.74, 6) is 0.0507. The molecular weight excluding hydrogens is 416 g/mol. The molecular formula is C20H25ClN2O3S2. The van der Waals surface area contributed by atoms with Crippen LogP contribution in [0.1, 0.15) is 30.9 Å². The van der Waals surface area contributed by atoms with E-state index in [4.69, 9.17) is 11.6 Å². The number of rotatable bonds is 6. The van der Waals surface area contributed by atoms with Gasteiger partial charge in [-0.25, -0.2) is 8.42 Å². The lowest BCUT2D eigenvalue weighted by Gasteiger charge is -2.33. The Morgan fingerprint density at radius 3 is 2.43 bits per heavy atom. The highest BCUT2D eigenvalue weighted by atomic mass is 35.5. The van der Waals surface area contributed by atoms with Gasteiger partial charge in [0.25, 0.3) is 10.0 Å². The normalized spacial score (nSPS) is 17.4. The fraction of sp³-hybridized carbons (Fsp3) is 0.450. The Hall–Kier alpha value is -1.41. The second-order valence-corrected chi connectivity index (χ2v) is 11.2. The molecule has 3 rings (SSSR count). The number of nitrogens with zero attached hydrogens (tertiary/aromatic N) is 1. The monoisotopic (exact) mass is 440 g/mol. The van der Waals surface area contributed by atoms with E-state index in [0.717, 1.165) is 16.9 Å². The Morgan fingerprint density at radius 1 is 1.21 bits per heavy atom. The summed E-state index contributed by atoms with van der Waals surface area (Å²) in [5.41, 5.74) is 2.26. The zero-order valence-electron chi connectivity index (χ0n) is 16.0. The second kappa shape index (κ2) is 8.95. The SMILES string of the molecule is Cc1ccc(CNC(=O)C(C)C2CCN(S(=O)(=O)c3ccc(Cl)s3)CC2)cc1. The number of hydrogen-bond donors (Lipinski definition) is 1. The van der Waals surface area contributed by atoms with Gasteiger partial charge in [0.05, 0.1) is 4.34 Å². The van der Waals surface area contributed by atoms with Gasteiger partial charge in [0.1, 0.15) is 4.21 Å². The minimum atomic E-state index is -3.49. The fourth-order valence-electron chi connectivity index (χ4n) is 3.45. The van der Waals surface area contributed by atoms with Crippen molar-refractivity contribution in [3.8, 4) is 0 Å². The number of benzene rings is 1. The molecule has 28 heavy (non-hydrogen) atoms. The topological polar surface area (TPSA) is 66.5 Å². The van der Waals surface area contributed by atoms with E-state index < -0.39 is 10.0 Å². The van der Waals surface area contributed by atoms with Gasteiger partial charge in [-0.2, -0.15) is 4.31 Å². The number of hydrogen-bond acceptors (Lipinski definition) is 4. The number of aryl methyl sites for hydroxylation is 1. The third-order valence-corrected chi connectivity index (χ3v) is 8.95. The van der Waals surface area contributed by atoms with E-state index >= 15 is 0 Å². The summed E-state index contributed by atoms with van der Waals surface area (Å²) >= 11 is 6.96. The van der Waals surface area contributed by atoms with Gasteiger partial charge in [-0.05, 0) is 43.4 Å². The third kappa shape index (κ3) is 4.95. The Labute approximate surface area is 175 Å². The quantitative estimate of drug-likeness (QED) is 0.736. The number of sulfonamides is 1. The van der Waals surface area contributed by atoms with Crippen LogP contribution in [-0.4, -0.2) is 31.7 Å². The van der Waals surface area contributed by atoms with E-state index in [1.54, 1.807) is 12.1 Å². The summed E-state index contributed by atoms with van der Waals surface area (Å²) in [5, 5.41) is 3.00. The molecule has 0 spiro atoms. The minimum Gasteiger partial charge on any atom is -0.352 e. The third-order valence-electron chi connectivity index (χ3n) is 5.35. The lowest BCUT2D eigenvalue weighted by molar-refractivity contribution is -0.126. The molecule has 1 atom stereocenters.